The third kappa shape index (κ3) is 4.37. The van der Waals surface area contributed by atoms with Gasteiger partial charge < -0.3 is 15.8 Å². The van der Waals surface area contributed by atoms with Crippen LogP contribution in [0.3, 0.4) is 0 Å². The van der Waals surface area contributed by atoms with E-state index in [1.807, 2.05) is 18.2 Å². The summed E-state index contributed by atoms with van der Waals surface area (Å²) in [6.07, 6.45) is 1.98. The van der Waals surface area contributed by atoms with Crippen LogP contribution in [0.1, 0.15) is 18.9 Å². The Balaban J connectivity index is 0.00000192. The highest BCUT2D eigenvalue weighted by atomic mass is 35.5. The summed E-state index contributed by atoms with van der Waals surface area (Å²) >= 11 is 0. The van der Waals surface area contributed by atoms with Crippen LogP contribution in [0.25, 0.3) is 0 Å². The Labute approximate surface area is 144 Å². The van der Waals surface area contributed by atoms with Crippen LogP contribution in [0.2, 0.25) is 0 Å². The van der Waals surface area contributed by atoms with Crippen molar-refractivity contribution >= 4 is 18.3 Å². The highest BCUT2D eigenvalue weighted by Gasteiger charge is 2.33. The van der Waals surface area contributed by atoms with Crippen molar-refractivity contribution in [2.24, 2.45) is 11.1 Å². The lowest BCUT2D eigenvalue weighted by Crippen LogP contribution is -2.41. The number of amides is 1. The first-order valence-corrected chi connectivity index (χ1v) is 8.02. The number of para-hydroxylation sites is 1. The number of nitrogens with two attached hydrogens (primary N) is 1. The minimum atomic E-state index is 0. The molecule has 2 aliphatic heterocycles. The number of carbonyl (C=O) groups excluding carboxylic acids is 1. The number of hydrogen-bond acceptors (Lipinski definition) is 4. The van der Waals surface area contributed by atoms with Crippen molar-refractivity contribution in [1.82, 2.24) is 10.2 Å². The molecule has 1 amide bonds. The van der Waals surface area contributed by atoms with Gasteiger partial charge in [-0.15, -0.1) is 12.4 Å². The number of nitrogens with one attached hydrogen (secondary N) is 1. The topological polar surface area (TPSA) is 67.6 Å². The SMILES string of the molecule is CC1(CN)CCN(CC(=O)NCC2Cc3ccccc3O2)C1.Cl. The first kappa shape index (κ1) is 18.0. The molecule has 0 radical (unpaired) electrons. The van der Waals surface area contributed by atoms with Gasteiger partial charge in [-0.2, -0.15) is 0 Å². The lowest BCUT2D eigenvalue weighted by atomic mass is 9.90. The first-order chi connectivity index (χ1) is 10.6. The maximum absolute atomic E-state index is 12.1. The zero-order valence-corrected chi connectivity index (χ0v) is 14.4. The van der Waals surface area contributed by atoms with Crippen molar-refractivity contribution in [3.8, 4) is 5.75 Å². The summed E-state index contributed by atoms with van der Waals surface area (Å²) in [5.74, 6) is 1.01. The lowest BCUT2D eigenvalue weighted by molar-refractivity contribution is -0.122. The summed E-state index contributed by atoms with van der Waals surface area (Å²) in [5, 5.41) is 2.99. The fraction of sp³-hybridized carbons (Fsp3) is 0.588. The van der Waals surface area contributed by atoms with Gasteiger partial charge in [0.2, 0.25) is 5.91 Å². The van der Waals surface area contributed by atoms with Gasteiger partial charge in [0.25, 0.3) is 0 Å². The van der Waals surface area contributed by atoms with E-state index in [0.717, 1.165) is 31.7 Å². The van der Waals surface area contributed by atoms with Crippen LogP contribution in [0.15, 0.2) is 24.3 Å². The Morgan fingerprint density at radius 1 is 1.48 bits per heavy atom. The summed E-state index contributed by atoms with van der Waals surface area (Å²) in [6, 6.07) is 8.05. The molecule has 2 unspecified atom stereocenters. The fourth-order valence-corrected chi connectivity index (χ4v) is 3.28. The summed E-state index contributed by atoms with van der Waals surface area (Å²) in [4.78, 5) is 14.3. The van der Waals surface area contributed by atoms with Crippen LogP contribution < -0.4 is 15.8 Å². The second-order valence-corrected chi connectivity index (χ2v) is 6.83. The Bertz CT molecular complexity index is 529. The molecule has 0 spiro atoms. The van der Waals surface area contributed by atoms with Crippen LogP contribution in [0.4, 0.5) is 0 Å². The molecule has 23 heavy (non-hydrogen) atoms. The van der Waals surface area contributed by atoms with E-state index in [1.54, 1.807) is 0 Å². The molecule has 3 N–H and O–H groups in total. The molecular weight excluding hydrogens is 314 g/mol. The fourth-order valence-electron chi connectivity index (χ4n) is 3.28. The van der Waals surface area contributed by atoms with E-state index in [-0.39, 0.29) is 29.8 Å². The number of hydrogen-bond donors (Lipinski definition) is 2. The summed E-state index contributed by atoms with van der Waals surface area (Å²) in [5.41, 5.74) is 7.19. The van der Waals surface area contributed by atoms with E-state index in [9.17, 15) is 4.79 Å². The maximum Gasteiger partial charge on any atom is 0.234 e. The smallest absolute Gasteiger partial charge is 0.234 e. The second kappa shape index (κ2) is 7.51. The zero-order valence-electron chi connectivity index (χ0n) is 13.6. The second-order valence-electron chi connectivity index (χ2n) is 6.83. The third-order valence-electron chi connectivity index (χ3n) is 4.74. The molecule has 6 heteroatoms. The van der Waals surface area contributed by atoms with Crippen LogP contribution in [-0.2, 0) is 11.2 Å². The molecule has 1 saturated heterocycles. The number of rotatable bonds is 5. The molecular formula is C17H26ClN3O2. The number of carbonyl (C=O) groups is 1. The highest BCUT2D eigenvalue weighted by Crippen LogP contribution is 2.28. The van der Waals surface area contributed by atoms with Gasteiger partial charge in [0.15, 0.2) is 0 Å². The van der Waals surface area contributed by atoms with Crippen LogP contribution >= 0.6 is 12.4 Å². The molecule has 0 bridgehead atoms. The van der Waals surface area contributed by atoms with E-state index >= 15 is 0 Å². The molecule has 0 saturated carbocycles. The van der Waals surface area contributed by atoms with E-state index in [0.29, 0.717) is 19.6 Å². The van der Waals surface area contributed by atoms with Gasteiger partial charge in [-0.1, -0.05) is 25.1 Å². The molecule has 5 nitrogen and oxygen atoms in total. The van der Waals surface area contributed by atoms with Crippen molar-refractivity contribution in [3.63, 3.8) is 0 Å². The van der Waals surface area contributed by atoms with Gasteiger partial charge >= 0.3 is 0 Å². The van der Waals surface area contributed by atoms with Crippen molar-refractivity contribution in [1.29, 1.82) is 0 Å². The molecule has 1 fully saturated rings. The van der Waals surface area contributed by atoms with Gasteiger partial charge in [0, 0.05) is 13.0 Å². The third-order valence-corrected chi connectivity index (χ3v) is 4.74. The number of likely N-dealkylation sites (tertiary alicyclic amines) is 1. The largest absolute Gasteiger partial charge is 0.488 e. The standard InChI is InChI=1S/C17H25N3O2.ClH/c1-17(11-18)6-7-20(12-17)10-16(21)19-9-14-8-13-4-2-3-5-15(13)22-14;/h2-5,14H,6-12,18H2,1H3,(H,19,21);1H. The lowest BCUT2D eigenvalue weighted by Gasteiger charge is -2.22. The normalized spacial score (nSPS) is 26.3. The van der Waals surface area contributed by atoms with E-state index in [2.05, 4.69) is 23.2 Å². The van der Waals surface area contributed by atoms with Crippen LogP contribution in [0, 0.1) is 5.41 Å². The minimum absolute atomic E-state index is 0. The molecule has 1 aromatic rings. The quantitative estimate of drug-likeness (QED) is 0.846. The van der Waals surface area contributed by atoms with Crippen molar-refractivity contribution in [2.45, 2.75) is 25.9 Å². The molecule has 0 aliphatic carbocycles. The molecule has 2 heterocycles. The van der Waals surface area contributed by atoms with E-state index < -0.39 is 0 Å². The Hall–Kier alpha value is -1.30. The first-order valence-electron chi connectivity index (χ1n) is 8.02. The predicted octanol–water partition coefficient (Wildman–Crippen LogP) is 1.20. The average molecular weight is 340 g/mol. The minimum Gasteiger partial charge on any atom is -0.488 e. The maximum atomic E-state index is 12.1. The summed E-state index contributed by atoms with van der Waals surface area (Å²) in [7, 11) is 0. The molecule has 3 rings (SSSR count). The Morgan fingerprint density at radius 2 is 2.26 bits per heavy atom. The Kier molecular flexibility index (Phi) is 5.89. The molecule has 0 aromatic heterocycles. The van der Waals surface area contributed by atoms with E-state index in [1.165, 1.54) is 5.56 Å². The predicted molar refractivity (Wildman–Crippen MR) is 93.0 cm³/mol. The number of halogens is 1. The van der Waals surface area contributed by atoms with Crippen molar-refractivity contribution in [2.75, 3.05) is 32.7 Å². The highest BCUT2D eigenvalue weighted by molar-refractivity contribution is 5.85. The average Bonchev–Trinajstić information content (AvgIpc) is 3.09. The monoisotopic (exact) mass is 339 g/mol. The van der Waals surface area contributed by atoms with Gasteiger partial charge in [-0.25, -0.2) is 0 Å². The van der Waals surface area contributed by atoms with E-state index in [4.69, 9.17) is 10.5 Å². The zero-order chi connectivity index (χ0) is 15.6. The van der Waals surface area contributed by atoms with Gasteiger partial charge in [-0.3, -0.25) is 9.69 Å². The molecule has 1 aromatic carbocycles. The number of nitrogens with zero attached hydrogens (tertiary/aromatic N) is 1. The van der Waals surface area contributed by atoms with Crippen molar-refractivity contribution in [3.05, 3.63) is 29.8 Å². The van der Waals surface area contributed by atoms with Crippen LogP contribution in [0.5, 0.6) is 5.75 Å². The molecule has 2 aliphatic rings. The van der Waals surface area contributed by atoms with Gasteiger partial charge in [0.05, 0.1) is 13.1 Å². The number of fused-ring (bicyclic) bond motifs is 1. The number of benzene rings is 1. The molecule has 128 valence electrons. The summed E-state index contributed by atoms with van der Waals surface area (Å²) in [6.45, 7) is 5.74. The van der Waals surface area contributed by atoms with Crippen molar-refractivity contribution < 1.29 is 9.53 Å². The molecule has 2 atom stereocenters. The summed E-state index contributed by atoms with van der Waals surface area (Å²) < 4.78 is 5.83. The van der Waals surface area contributed by atoms with Gasteiger partial charge in [-0.05, 0) is 36.6 Å². The van der Waals surface area contributed by atoms with Gasteiger partial charge in [0.1, 0.15) is 11.9 Å². The number of ether oxygens (including phenoxy) is 1. The van der Waals surface area contributed by atoms with Crippen LogP contribution in [-0.4, -0.2) is 49.6 Å². The Morgan fingerprint density at radius 3 is 2.96 bits per heavy atom.